The molecule has 1 atom stereocenters. The highest BCUT2D eigenvalue weighted by atomic mass is 16.5. The minimum absolute atomic E-state index is 0.00585. The fraction of sp³-hybridized carbons (Fsp3) is 0.667. The van der Waals surface area contributed by atoms with Crippen molar-refractivity contribution in [2.75, 3.05) is 13.2 Å². The van der Waals surface area contributed by atoms with Crippen LogP contribution in [-0.4, -0.2) is 41.1 Å². The van der Waals surface area contributed by atoms with Crippen LogP contribution >= 0.6 is 0 Å². The molecule has 2 fully saturated rings. The standard InChI is InChI=1S/C18H25NO5/c20-14(12-23-13-15-5-4-8-24-15)11-19-16(21)9-18(10-17(19)22)6-2-1-3-7-18/h4-5,8,14,20H,1-3,6-7,9-13H2. The Hall–Kier alpha value is -1.66. The molecule has 1 aliphatic carbocycles. The van der Waals surface area contributed by atoms with Crippen molar-refractivity contribution in [2.24, 2.45) is 5.41 Å². The van der Waals surface area contributed by atoms with E-state index in [2.05, 4.69) is 0 Å². The van der Waals surface area contributed by atoms with E-state index in [0.717, 1.165) is 25.7 Å². The van der Waals surface area contributed by atoms with Gasteiger partial charge in [-0.25, -0.2) is 0 Å². The average Bonchev–Trinajstić information content (AvgIpc) is 3.05. The molecule has 1 unspecified atom stereocenters. The van der Waals surface area contributed by atoms with E-state index in [1.165, 1.54) is 11.3 Å². The third-order valence-corrected chi connectivity index (χ3v) is 5.10. The molecule has 2 amide bonds. The van der Waals surface area contributed by atoms with Crippen molar-refractivity contribution >= 4 is 11.8 Å². The van der Waals surface area contributed by atoms with Crippen LogP contribution in [0.1, 0.15) is 50.7 Å². The zero-order chi connectivity index (χ0) is 17.0. The van der Waals surface area contributed by atoms with Crippen LogP contribution in [0.5, 0.6) is 0 Å². The summed E-state index contributed by atoms with van der Waals surface area (Å²) in [6.07, 6.45) is 6.86. The predicted octanol–water partition coefficient (Wildman–Crippen LogP) is 2.26. The number of hydrogen-bond acceptors (Lipinski definition) is 5. The van der Waals surface area contributed by atoms with Gasteiger partial charge in [-0.3, -0.25) is 14.5 Å². The number of amides is 2. The Balaban J connectivity index is 1.47. The Morgan fingerprint density at radius 2 is 1.92 bits per heavy atom. The molecule has 3 rings (SSSR count). The van der Waals surface area contributed by atoms with Crippen molar-refractivity contribution < 1.29 is 23.8 Å². The summed E-state index contributed by atoms with van der Waals surface area (Å²) >= 11 is 0. The van der Waals surface area contributed by atoms with Gasteiger partial charge < -0.3 is 14.3 Å². The molecular formula is C18H25NO5. The first-order chi connectivity index (χ1) is 11.6. The summed E-state index contributed by atoms with van der Waals surface area (Å²) in [5.41, 5.74) is -0.121. The molecule has 1 aliphatic heterocycles. The Labute approximate surface area is 141 Å². The fourth-order valence-corrected chi connectivity index (χ4v) is 3.85. The zero-order valence-electron chi connectivity index (χ0n) is 13.9. The van der Waals surface area contributed by atoms with Gasteiger partial charge in [0.2, 0.25) is 11.8 Å². The van der Waals surface area contributed by atoms with E-state index in [-0.39, 0.29) is 37.0 Å². The van der Waals surface area contributed by atoms with Crippen molar-refractivity contribution in [1.29, 1.82) is 0 Å². The first-order valence-electron chi connectivity index (χ1n) is 8.69. The molecule has 1 spiro atoms. The first kappa shape index (κ1) is 17.2. The summed E-state index contributed by atoms with van der Waals surface area (Å²) in [5, 5.41) is 10.1. The molecule has 2 heterocycles. The average molecular weight is 335 g/mol. The minimum atomic E-state index is -0.881. The maximum absolute atomic E-state index is 12.4. The van der Waals surface area contributed by atoms with Crippen LogP contribution in [0.2, 0.25) is 0 Å². The molecule has 1 saturated carbocycles. The molecule has 2 aliphatic rings. The summed E-state index contributed by atoms with van der Waals surface area (Å²) < 4.78 is 10.5. The number of ether oxygens (including phenoxy) is 1. The van der Waals surface area contributed by atoms with Gasteiger partial charge in [0.15, 0.2) is 0 Å². The van der Waals surface area contributed by atoms with Gasteiger partial charge in [-0.2, -0.15) is 0 Å². The van der Waals surface area contributed by atoms with Gasteiger partial charge in [0.05, 0.1) is 25.5 Å². The number of imide groups is 1. The van der Waals surface area contributed by atoms with E-state index in [0.29, 0.717) is 18.6 Å². The van der Waals surface area contributed by atoms with Gasteiger partial charge in [-0.15, -0.1) is 0 Å². The topological polar surface area (TPSA) is 80.0 Å². The molecule has 1 saturated heterocycles. The van der Waals surface area contributed by atoms with Crippen molar-refractivity contribution in [1.82, 2.24) is 4.90 Å². The molecular weight excluding hydrogens is 310 g/mol. The van der Waals surface area contributed by atoms with Crippen LogP contribution in [-0.2, 0) is 20.9 Å². The second-order valence-corrected chi connectivity index (χ2v) is 7.06. The molecule has 0 aromatic carbocycles. The molecule has 0 radical (unpaired) electrons. The van der Waals surface area contributed by atoms with E-state index in [1.807, 2.05) is 0 Å². The molecule has 6 heteroatoms. The molecule has 1 aromatic heterocycles. The van der Waals surface area contributed by atoms with Crippen molar-refractivity contribution in [3.63, 3.8) is 0 Å². The number of carbonyl (C=O) groups is 2. The summed E-state index contributed by atoms with van der Waals surface area (Å²) in [4.78, 5) is 26.0. The van der Waals surface area contributed by atoms with Crippen LogP contribution in [0.4, 0.5) is 0 Å². The van der Waals surface area contributed by atoms with Gasteiger partial charge >= 0.3 is 0 Å². The lowest BCUT2D eigenvalue weighted by atomic mass is 9.67. The monoisotopic (exact) mass is 335 g/mol. The van der Waals surface area contributed by atoms with Crippen LogP contribution < -0.4 is 0 Å². The molecule has 1 aromatic rings. The highest BCUT2D eigenvalue weighted by Gasteiger charge is 2.44. The SMILES string of the molecule is O=C1CC2(CCCCC2)CC(=O)N1CC(O)COCc1ccco1. The van der Waals surface area contributed by atoms with Gasteiger partial charge in [0, 0.05) is 12.8 Å². The Morgan fingerprint density at radius 3 is 2.54 bits per heavy atom. The summed E-state index contributed by atoms with van der Waals surface area (Å²) in [6.45, 7) is 0.323. The summed E-state index contributed by atoms with van der Waals surface area (Å²) in [6, 6.07) is 3.55. The maximum Gasteiger partial charge on any atom is 0.229 e. The number of β-amino-alcohol motifs (C(OH)–C–C–N with tert-alkyl or cyclic N) is 1. The number of aliphatic hydroxyl groups is 1. The number of likely N-dealkylation sites (tertiary alicyclic amines) is 1. The molecule has 6 nitrogen and oxygen atoms in total. The van der Waals surface area contributed by atoms with Crippen LogP contribution in [0, 0.1) is 5.41 Å². The van der Waals surface area contributed by atoms with E-state index < -0.39 is 6.10 Å². The lowest BCUT2D eigenvalue weighted by Gasteiger charge is -2.42. The number of carbonyl (C=O) groups excluding carboxylic acids is 2. The van der Waals surface area contributed by atoms with E-state index >= 15 is 0 Å². The third kappa shape index (κ3) is 4.05. The molecule has 132 valence electrons. The fourth-order valence-electron chi connectivity index (χ4n) is 3.85. The second kappa shape index (κ2) is 7.49. The summed E-state index contributed by atoms with van der Waals surface area (Å²) in [7, 11) is 0. The van der Waals surface area contributed by atoms with Crippen LogP contribution in [0.25, 0.3) is 0 Å². The summed E-state index contributed by atoms with van der Waals surface area (Å²) in [5.74, 6) is 0.364. The van der Waals surface area contributed by atoms with Gasteiger partial charge in [0.25, 0.3) is 0 Å². The molecule has 0 bridgehead atoms. The zero-order valence-corrected chi connectivity index (χ0v) is 13.9. The first-order valence-corrected chi connectivity index (χ1v) is 8.69. The third-order valence-electron chi connectivity index (χ3n) is 5.10. The highest BCUT2D eigenvalue weighted by Crippen LogP contribution is 2.45. The number of piperidine rings is 1. The number of nitrogens with zero attached hydrogens (tertiary/aromatic N) is 1. The molecule has 1 N–H and O–H groups in total. The van der Waals surface area contributed by atoms with E-state index in [1.54, 1.807) is 18.4 Å². The Bertz CT molecular complexity index is 542. The van der Waals surface area contributed by atoms with Crippen molar-refractivity contribution in [2.45, 2.75) is 57.7 Å². The van der Waals surface area contributed by atoms with Gasteiger partial charge in [-0.05, 0) is 30.4 Å². The minimum Gasteiger partial charge on any atom is -0.467 e. The second-order valence-electron chi connectivity index (χ2n) is 7.06. The Morgan fingerprint density at radius 1 is 1.21 bits per heavy atom. The van der Waals surface area contributed by atoms with Gasteiger partial charge in [-0.1, -0.05) is 19.3 Å². The van der Waals surface area contributed by atoms with E-state index in [9.17, 15) is 14.7 Å². The molecule has 24 heavy (non-hydrogen) atoms. The predicted molar refractivity (Wildman–Crippen MR) is 85.8 cm³/mol. The van der Waals surface area contributed by atoms with Crippen LogP contribution in [0.15, 0.2) is 22.8 Å². The lowest BCUT2D eigenvalue weighted by molar-refractivity contribution is -0.157. The lowest BCUT2D eigenvalue weighted by Crippen LogP contribution is -2.51. The van der Waals surface area contributed by atoms with Crippen molar-refractivity contribution in [3.8, 4) is 0 Å². The number of furan rings is 1. The largest absolute Gasteiger partial charge is 0.467 e. The maximum atomic E-state index is 12.4. The van der Waals surface area contributed by atoms with Crippen LogP contribution in [0.3, 0.4) is 0 Å². The quantitative estimate of drug-likeness (QED) is 0.807. The normalized spacial score (nSPS) is 22.1. The van der Waals surface area contributed by atoms with E-state index in [4.69, 9.17) is 9.15 Å². The smallest absolute Gasteiger partial charge is 0.229 e. The van der Waals surface area contributed by atoms with Gasteiger partial charge in [0.1, 0.15) is 12.4 Å². The number of aliphatic hydroxyl groups excluding tert-OH is 1. The number of hydrogen-bond donors (Lipinski definition) is 1. The number of rotatable bonds is 6. The highest BCUT2D eigenvalue weighted by molar-refractivity contribution is 5.98. The van der Waals surface area contributed by atoms with Crippen molar-refractivity contribution in [3.05, 3.63) is 24.2 Å². The Kier molecular flexibility index (Phi) is 5.36.